The molecule has 2 aromatic carbocycles. The predicted molar refractivity (Wildman–Crippen MR) is 141 cm³/mol. The monoisotopic (exact) mass is 506 g/mol. The van der Waals surface area contributed by atoms with Crippen LogP contribution in [0.2, 0.25) is 0 Å². The van der Waals surface area contributed by atoms with E-state index in [2.05, 4.69) is 9.88 Å². The van der Waals surface area contributed by atoms with Crippen LogP contribution in [0.15, 0.2) is 78.0 Å². The molecule has 4 rings (SSSR count). The smallest absolute Gasteiger partial charge is 0.270 e. The van der Waals surface area contributed by atoms with Gasteiger partial charge in [0.2, 0.25) is 0 Å². The summed E-state index contributed by atoms with van der Waals surface area (Å²) in [5.74, 6) is 0.0325. The Labute approximate surface area is 212 Å². The first kappa shape index (κ1) is 25.6. The maximum absolute atomic E-state index is 13.9. The number of rotatable bonds is 8. The lowest BCUT2D eigenvalue weighted by Gasteiger charge is -2.33. The molecule has 1 aliphatic rings. The van der Waals surface area contributed by atoms with E-state index in [0.29, 0.717) is 30.1 Å². The number of methoxy groups -OCH3 is 1. The number of nitrogens with zero attached hydrogens (tertiary/aromatic N) is 4. The van der Waals surface area contributed by atoms with Gasteiger partial charge in [-0.15, -0.1) is 0 Å². The van der Waals surface area contributed by atoms with Crippen LogP contribution in [-0.4, -0.2) is 76.0 Å². The number of sulfonamides is 1. The highest BCUT2D eigenvalue weighted by Gasteiger charge is 2.33. The van der Waals surface area contributed by atoms with E-state index in [1.54, 1.807) is 42.7 Å². The molecule has 0 saturated carbocycles. The zero-order chi connectivity index (χ0) is 25.5. The number of anilines is 1. The number of aromatic nitrogens is 1. The minimum atomic E-state index is -4.20. The van der Waals surface area contributed by atoms with Gasteiger partial charge in [0.25, 0.3) is 15.9 Å². The van der Waals surface area contributed by atoms with Gasteiger partial charge in [-0.25, -0.2) is 12.7 Å². The third-order valence-electron chi connectivity index (χ3n) is 6.10. The number of amides is 1. The highest BCUT2D eigenvalue weighted by Crippen LogP contribution is 2.30. The molecule has 0 unspecified atom stereocenters. The quantitative estimate of drug-likeness (QED) is 0.464. The first-order valence-corrected chi connectivity index (χ1v) is 13.1. The molecule has 1 aliphatic heterocycles. The molecule has 0 N–H and O–H groups in total. The summed E-state index contributed by atoms with van der Waals surface area (Å²) in [6, 6.07) is 16.8. The molecule has 0 radical (unpaired) electrons. The number of carbonyl (C=O) groups excluding carboxylic acids is 1. The van der Waals surface area contributed by atoms with E-state index in [4.69, 9.17) is 4.74 Å². The molecule has 1 saturated heterocycles. The van der Waals surface area contributed by atoms with Crippen molar-refractivity contribution in [3.63, 3.8) is 0 Å². The Morgan fingerprint density at radius 2 is 1.64 bits per heavy atom. The van der Waals surface area contributed by atoms with Crippen LogP contribution in [0.3, 0.4) is 0 Å². The minimum absolute atomic E-state index is 0.00558. The Kier molecular flexibility index (Phi) is 8.14. The van der Waals surface area contributed by atoms with Crippen molar-refractivity contribution in [2.75, 3.05) is 51.2 Å². The summed E-state index contributed by atoms with van der Waals surface area (Å²) in [5.41, 5.74) is 1.82. The average Bonchev–Trinajstić information content (AvgIpc) is 2.90. The van der Waals surface area contributed by atoms with E-state index in [1.165, 1.54) is 19.2 Å². The second-order valence-electron chi connectivity index (χ2n) is 8.59. The average molecular weight is 507 g/mol. The van der Waals surface area contributed by atoms with Gasteiger partial charge in [0.1, 0.15) is 5.75 Å². The van der Waals surface area contributed by atoms with E-state index in [1.807, 2.05) is 42.3 Å². The van der Waals surface area contributed by atoms with E-state index < -0.39 is 15.9 Å². The molecule has 3 aromatic rings. The first-order valence-electron chi connectivity index (χ1n) is 11.7. The van der Waals surface area contributed by atoms with Crippen molar-refractivity contribution in [3.05, 3.63) is 84.2 Å². The van der Waals surface area contributed by atoms with Crippen LogP contribution in [0.5, 0.6) is 5.75 Å². The van der Waals surface area contributed by atoms with Gasteiger partial charge >= 0.3 is 0 Å². The Morgan fingerprint density at radius 1 is 0.972 bits per heavy atom. The third-order valence-corrected chi connectivity index (χ3v) is 7.84. The molecule has 1 amide bonds. The lowest BCUT2D eigenvalue weighted by Crippen LogP contribution is -2.50. The van der Waals surface area contributed by atoms with Crippen LogP contribution in [0.1, 0.15) is 11.1 Å². The van der Waals surface area contributed by atoms with Crippen LogP contribution >= 0.6 is 0 Å². The SMILES string of the molecule is COc1ccc(S(=O)(=O)N(C(=O)CN2CCN(C)CC2)c2ccccc2C=Cc2ccncc2)cc1. The molecule has 0 atom stereocenters. The normalized spacial score (nSPS) is 15.2. The standard InChI is InChI=1S/C27H30N4O4S/c1-29-17-19-30(20-18-29)21-27(32)31(36(33,34)25-11-9-24(35-2)10-12-25)26-6-4-3-5-23(26)8-7-22-13-15-28-16-14-22/h3-16H,17-21H2,1-2H3. The Morgan fingerprint density at radius 3 is 2.31 bits per heavy atom. The largest absolute Gasteiger partial charge is 0.497 e. The number of likely N-dealkylation sites (N-methyl/N-ethyl adjacent to an activating group) is 1. The fourth-order valence-electron chi connectivity index (χ4n) is 3.99. The number of hydrogen-bond acceptors (Lipinski definition) is 7. The summed E-state index contributed by atoms with van der Waals surface area (Å²) in [6.45, 7) is 3.05. The molecule has 9 heteroatoms. The highest BCUT2D eigenvalue weighted by atomic mass is 32.2. The summed E-state index contributed by atoms with van der Waals surface area (Å²) in [6.07, 6.45) is 7.05. The summed E-state index contributed by atoms with van der Waals surface area (Å²) < 4.78 is 33.9. The maximum Gasteiger partial charge on any atom is 0.270 e. The molecule has 0 spiro atoms. The van der Waals surface area contributed by atoms with Crippen molar-refractivity contribution in [1.82, 2.24) is 14.8 Å². The van der Waals surface area contributed by atoms with Gasteiger partial charge in [0, 0.05) is 38.6 Å². The van der Waals surface area contributed by atoms with Crippen molar-refractivity contribution in [1.29, 1.82) is 0 Å². The number of pyridine rings is 1. The lowest BCUT2D eigenvalue weighted by molar-refractivity contribution is -0.118. The zero-order valence-electron chi connectivity index (χ0n) is 20.4. The van der Waals surface area contributed by atoms with Crippen molar-refractivity contribution in [3.8, 4) is 5.75 Å². The minimum Gasteiger partial charge on any atom is -0.497 e. The molecule has 36 heavy (non-hydrogen) atoms. The van der Waals surface area contributed by atoms with Crippen LogP contribution < -0.4 is 9.04 Å². The summed E-state index contributed by atoms with van der Waals surface area (Å²) in [7, 11) is -0.651. The number of para-hydroxylation sites is 1. The fourth-order valence-corrected chi connectivity index (χ4v) is 5.43. The molecule has 0 aliphatic carbocycles. The predicted octanol–water partition coefficient (Wildman–Crippen LogP) is 3.23. The molecule has 8 nitrogen and oxygen atoms in total. The van der Waals surface area contributed by atoms with Crippen molar-refractivity contribution in [2.45, 2.75) is 4.90 Å². The number of ether oxygens (including phenoxy) is 1. The number of benzene rings is 2. The van der Waals surface area contributed by atoms with E-state index in [0.717, 1.165) is 23.0 Å². The Balaban J connectivity index is 1.74. The number of hydrogen-bond donors (Lipinski definition) is 0. The number of piperazine rings is 1. The summed E-state index contributed by atoms with van der Waals surface area (Å²) >= 11 is 0. The van der Waals surface area contributed by atoms with E-state index >= 15 is 0 Å². The van der Waals surface area contributed by atoms with Gasteiger partial charge < -0.3 is 9.64 Å². The van der Waals surface area contributed by atoms with Crippen molar-refractivity contribution < 1.29 is 17.9 Å². The first-order chi connectivity index (χ1) is 17.4. The number of carbonyl (C=O) groups is 1. The maximum atomic E-state index is 13.9. The summed E-state index contributed by atoms with van der Waals surface area (Å²) in [5, 5.41) is 0. The van der Waals surface area contributed by atoms with Gasteiger partial charge in [-0.2, -0.15) is 0 Å². The lowest BCUT2D eigenvalue weighted by atomic mass is 10.1. The summed E-state index contributed by atoms with van der Waals surface area (Å²) in [4.78, 5) is 21.9. The topological polar surface area (TPSA) is 83.0 Å². The van der Waals surface area contributed by atoms with Gasteiger partial charge in [-0.05, 0) is 60.6 Å². The van der Waals surface area contributed by atoms with Crippen LogP contribution in [0, 0.1) is 0 Å². The molecule has 2 heterocycles. The van der Waals surface area contributed by atoms with Gasteiger partial charge in [0.15, 0.2) is 0 Å². The van der Waals surface area contributed by atoms with Gasteiger partial charge in [-0.1, -0.05) is 30.4 Å². The van der Waals surface area contributed by atoms with Crippen LogP contribution in [0.25, 0.3) is 12.2 Å². The molecular weight excluding hydrogens is 476 g/mol. The Bertz CT molecular complexity index is 1300. The molecule has 0 bridgehead atoms. The van der Waals surface area contributed by atoms with E-state index in [9.17, 15) is 13.2 Å². The second kappa shape index (κ2) is 11.5. The third kappa shape index (κ3) is 5.99. The van der Waals surface area contributed by atoms with Crippen molar-refractivity contribution >= 4 is 33.8 Å². The second-order valence-corrected chi connectivity index (χ2v) is 10.4. The van der Waals surface area contributed by atoms with Gasteiger partial charge in [0.05, 0.1) is 24.2 Å². The Hall–Kier alpha value is -3.53. The highest BCUT2D eigenvalue weighted by molar-refractivity contribution is 7.93. The molecule has 1 fully saturated rings. The molecule has 188 valence electrons. The molecule has 1 aromatic heterocycles. The zero-order valence-corrected chi connectivity index (χ0v) is 21.3. The van der Waals surface area contributed by atoms with Gasteiger partial charge in [-0.3, -0.25) is 14.7 Å². The van der Waals surface area contributed by atoms with E-state index in [-0.39, 0.29) is 11.4 Å². The van der Waals surface area contributed by atoms with Crippen LogP contribution in [-0.2, 0) is 14.8 Å². The molecular formula is C27H30N4O4S. The van der Waals surface area contributed by atoms with Crippen molar-refractivity contribution in [2.24, 2.45) is 0 Å². The van der Waals surface area contributed by atoms with Crippen LogP contribution in [0.4, 0.5) is 5.69 Å². The fraction of sp³-hybridized carbons (Fsp3) is 0.259.